The fourth-order valence-corrected chi connectivity index (χ4v) is 6.22. The first-order valence-electron chi connectivity index (χ1n) is 12.1. The maximum absolute atomic E-state index is 13.1. The van der Waals surface area contributed by atoms with Crippen LogP contribution in [0, 0.1) is 5.92 Å². The highest BCUT2D eigenvalue weighted by Crippen LogP contribution is 2.28. The molecule has 1 amide bonds. The van der Waals surface area contributed by atoms with Crippen LogP contribution in [0.1, 0.15) is 38.6 Å². The van der Waals surface area contributed by atoms with Crippen molar-refractivity contribution in [3.05, 3.63) is 45.8 Å². The smallest absolute Gasteiger partial charge is 0.287 e. The summed E-state index contributed by atoms with van der Waals surface area (Å²) in [6, 6.07) is 6.00. The lowest BCUT2D eigenvalue weighted by Gasteiger charge is -2.31. The molecule has 2 saturated heterocycles. The van der Waals surface area contributed by atoms with Gasteiger partial charge < -0.3 is 15.0 Å². The number of carbonyl (C=O) groups excluding carboxylic acids is 1. The summed E-state index contributed by atoms with van der Waals surface area (Å²) in [7, 11) is -2.07. The molecule has 2 aromatic rings. The van der Waals surface area contributed by atoms with Crippen LogP contribution >= 0.6 is 11.6 Å². The fraction of sp³-hybridized carbons (Fsp3) is 0.542. The molecule has 0 aliphatic carbocycles. The predicted octanol–water partition coefficient (Wildman–Crippen LogP) is 2.74. The number of benzene rings is 1. The largest absolute Gasteiger partial charge is 0.382 e. The number of nitrogens with one attached hydrogen (secondary N) is 1. The van der Waals surface area contributed by atoms with Gasteiger partial charge in [0.1, 0.15) is 5.02 Å². The number of anilines is 2. The Labute approximate surface area is 216 Å². The van der Waals surface area contributed by atoms with Crippen LogP contribution in [0.4, 0.5) is 11.4 Å². The molecular weight excluding hydrogens is 506 g/mol. The Hall–Kier alpha value is -2.47. The molecule has 1 aromatic heterocycles. The van der Waals surface area contributed by atoms with Crippen LogP contribution < -0.4 is 15.8 Å². The van der Waals surface area contributed by atoms with Gasteiger partial charge in [-0.15, -0.1) is 0 Å². The molecule has 12 heteroatoms. The van der Waals surface area contributed by atoms with Crippen molar-refractivity contribution >= 4 is 38.9 Å². The molecule has 1 N–H and O–H groups in total. The zero-order valence-corrected chi connectivity index (χ0v) is 22.1. The van der Waals surface area contributed by atoms with Gasteiger partial charge in [-0.25, -0.2) is 13.1 Å². The second-order valence-electron chi connectivity index (χ2n) is 9.29. The minimum atomic E-state index is -3.70. The number of carbonyl (C=O) groups is 1. The lowest BCUT2D eigenvalue weighted by atomic mass is 10.0. The molecule has 3 heterocycles. The topological polar surface area (TPSA) is 114 Å². The minimum absolute atomic E-state index is 0.0902. The van der Waals surface area contributed by atoms with Gasteiger partial charge in [-0.1, -0.05) is 11.6 Å². The molecule has 0 radical (unpaired) electrons. The second-order valence-corrected chi connectivity index (χ2v) is 11.6. The monoisotopic (exact) mass is 537 g/mol. The normalized spacial score (nSPS) is 19.7. The third-order valence-corrected chi connectivity index (χ3v) is 9.16. The molecule has 10 nitrogen and oxygen atoms in total. The van der Waals surface area contributed by atoms with Crippen molar-refractivity contribution in [2.75, 3.05) is 50.1 Å². The van der Waals surface area contributed by atoms with Gasteiger partial charge in [0.15, 0.2) is 0 Å². The summed E-state index contributed by atoms with van der Waals surface area (Å²) >= 11 is 6.37. The van der Waals surface area contributed by atoms with Gasteiger partial charge in [-0.05, 0) is 55.9 Å². The molecule has 0 unspecified atom stereocenters. The van der Waals surface area contributed by atoms with Gasteiger partial charge >= 0.3 is 0 Å². The summed E-state index contributed by atoms with van der Waals surface area (Å²) in [6.07, 6.45) is 4.54. The molecule has 196 valence electrons. The Morgan fingerprint density at radius 3 is 2.53 bits per heavy atom. The zero-order valence-electron chi connectivity index (χ0n) is 20.5. The molecule has 2 aliphatic rings. The van der Waals surface area contributed by atoms with Crippen LogP contribution in [0.25, 0.3) is 0 Å². The first kappa shape index (κ1) is 26.6. The molecule has 2 fully saturated rings. The quantitative estimate of drug-likeness (QED) is 0.577. The first-order chi connectivity index (χ1) is 17.2. The van der Waals surface area contributed by atoms with E-state index in [0.717, 1.165) is 19.4 Å². The third kappa shape index (κ3) is 5.74. The van der Waals surface area contributed by atoms with Crippen LogP contribution in [0.5, 0.6) is 0 Å². The number of nitrogens with zero attached hydrogens (tertiary/aromatic N) is 4. The van der Waals surface area contributed by atoms with Crippen molar-refractivity contribution in [2.24, 2.45) is 5.92 Å². The maximum Gasteiger partial charge on any atom is 0.287 e. The summed E-state index contributed by atoms with van der Waals surface area (Å²) in [6.45, 7) is 4.10. The van der Waals surface area contributed by atoms with Crippen LogP contribution in [-0.4, -0.2) is 68.3 Å². The number of hydrogen-bond acceptors (Lipinski definition) is 7. The molecule has 0 saturated carbocycles. The van der Waals surface area contributed by atoms with Gasteiger partial charge in [0.25, 0.3) is 5.56 Å². The lowest BCUT2D eigenvalue weighted by Crippen LogP contribution is -2.41. The third-order valence-electron chi connectivity index (χ3n) is 6.88. The highest BCUT2D eigenvalue weighted by atomic mass is 35.5. The van der Waals surface area contributed by atoms with Crippen LogP contribution in [0.2, 0.25) is 5.02 Å². The molecular formula is C24H32ClN5O5S. The van der Waals surface area contributed by atoms with Crippen molar-refractivity contribution in [3.8, 4) is 0 Å². The van der Waals surface area contributed by atoms with E-state index in [1.807, 2.05) is 0 Å². The molecule has 1 aromatic carbocycles. The number of sulfonamides is 1. The average molecular weight is 538 g/mol. The SMILES string of the molecule is CC(=O)N(C)c1ccc(S(=O)(=O)N2CCC(n3ncc(NC[C@H]4CCCOC4)c(Cl)c3=O)CC2)cc1. The van der Waals surface area contributed by atoms with E-state index < -0.39 is 10.0 Å². The van der Waals surface area contributed by atoms with E-state index in [2.05, 4.69) is 10.4 Å². The molecule has 0 bridgehead atoms. The lowest BCUT2D eigenvalue weighted by molar-refractivity contribution is -0.116. The highest BCUT2D eigenvalue weighted by Gasteiger charge is 2.31. The Morgan fingerprint density at radius 2 is 1.92 bits per heavy atom. The summed E-state index contributed by atoms with van der Waals surface area (Å²) in [4.78, 5) is 26.1. The summed E-state index contributed by atoms with van der Waals surface area (Å²) in [5, 5.41) is 7.65. The summed E-state index contributed by atoms with van der Waals surface area (Å²) in [5.74, 6) is 0.231. The van der Waals surface area contributed by atoms with Gasteiger partial charge in [-0.3, -0.25) is 9.59 Å². The fourth-order valence-electron chi connectivity index (χ4n) is 4.55. The van der Waals surface area contributed by atoms with Crippen molar-refractivity contribution in [3.63, 3.8) is 0 Å². The Kier molecular flexibility index (Phi) is 8.34. The number of halogens is 1. The number of aromatic nitrogens is 2. The van der Waals surface area contributed by atoms with Crippen LogP contribution in [0.15, 0.2) is 40.2 Å². The van der Waals surface area contributed by atoms with Gasteiger partial charge in [0, 0.05) is 45.9 Å². The average Bonchev–Trinajstić information content (AvgIpc) is 2.90. The first-order valence-corrected chi connectivity index (χ1v) is 13.9. The van der Waals surface area contributed by atoms with Crippen LogP contribution in [-0.2, 0) is 19.6 Å². The maximum atomic E-state index is 13.1. The van der Waals surface area contributed by atoms with Crippen molar-refractivity contribution < 1.29 is 17.9 Å². The predicted molar refractivity (Wildman–Crippen MR) is 138 cm³/mol. The van der Waals surface area contributed by atoms with Gasteiger partial charge in [-0.2, -0.15) is 9.40 Å². The van der Waals surface area contributed by atoms with E-state index in [9.17, 15) is 18.0 Å². The molecule has 2 aliphatic heterocycles. The Balaban J connectivity index is 1.39. The van der Waals surface area contributed by atoms with Crippen molar-refractivity contribution in [1.29, 1.82) is 0 Å². The van der Waals surface area contributed by atoms with E-state index >= 15 is 0 Å². The number of amides is 1. The van der Waals surface area contributed by atoms with E-state index in [1.165, 1.54) is 32.9 Å². The van der Waals surface area contributed by atoms with E-state index in [-0.39, 0.29) is 40.5 Å². The second kappa shape index (κ2) is 11.3. The molecule has 4 rings (SSSR count). The van der Waals surface area contributed by atoms with E-state index in [4.69, 9.17) is 16.3 Å². The zero-order chi connectivity index (χ0) is 25.9. The molecule has 36 heavy (non-hydrogen) atoms. The Bertz CT molecular complexity index is 1240. The highest BCUT2D eigenvalue weighted by molar-refractivity contribution is 7.89. The standard InChI is InChI=1S/C24H32ClN5O5S/c1-17(31)28(2)19-5-7-21(8-6-19)36(33,34)29-11-9-20(10-12-29)30-24(32)23(25)22(15-27-30)26-14-18-4-3-13-35-16-18/h5-8,15,18,20,26H,3-4,9-14,16H2,1-2H3/t18-/m1/s1. The summed E-state index contributed by atoms with van der Waals surface area (Å²) in [5.41, 5.74) is 0.739. The molecule has 0 spiro atoms. The number of ether oxygens (including phenoxy) is 1. The van der Waals surface area contributed by atoms with Crippen molar-refractivity contribution in [1.82, 2.24) is 14.1 Å². The van der Waals surface area contributed by atoms with Crippen molar-refractivity contribution in [2.45, 2.75) is 43.5 Å². The number of piperidine rings is 1. The number of hydrogen-bond donors (Lipinski definition) is 1. The van der Waals surface area contributed by atoms with Crippen LogP contribution in [0.3, 0.4) is 0 Å². The van der Waals surface area contributed by atoms with E-state index in [1.54, 1.807) is 25.4 Å². The van der Waals surface area contributed by atoms with Gasteiger partial charge in [0.05, 0.1) is 29.4 Å². The summed E-state index contributed by atoms with van der Waals surface area (Å²) < 4.78 is 34.6. The van der Waals surface area contributed by atoms with Gasteiger partial charge in [0.2, 0.25) is 15.9 Å². The Morgan fingerprint density at radius 1 is 1.22 bits per heavy atom. The molecule has 1 atom stereocenters. The minimum Gasteiger partial charge on any atom is -0.382 e. The van der Waals surface area contributed by atoms with E-state index in [0.29, 0.717) is 43.3 Å². The number of rotatable bonds is 7.